The molecule has 0 bridgehead atoms. The van der Waals surface area contributed by atoms with Crippen LogP contribution in [0.2, 0.25) is 0 Å². The molecule has 0 atom stereocenters. The van der Waals surface area contributed by atoms with Gasteiger partial charge in [0.2, 0.25) is 0 Å². The summed E-state index contributed by atoms with van der Waals surface area (Å²) in [6.07, 6.45) is 4.73. The van der Waals surface area contributed by atoms with E-state index in [0.29, 0.717) is 6.42 Å². The molecule has 1 aliphatic carbocycles. The smallest absolute Gasteiger partial charge is 0.173 e. The van der Waals surface area contributed by atoms with Gasteiger partial charge in [-0.15, -0.1) is 0 Å². The zero-order valence-corrected chi connectivity index (χ0v) is 8.89. The first-order valence-electron chi connectivity index (χ1n) is 4.69. The molecule has 0 fully saturated rings. The van der Waals surface area contributed by atoms with Crippen molar-refractivity contribution in [1.29, 1.82) is 0 Å². The lowest BCUT2D eigenvalue weighted by molar-refractivity contribution is -0.114. The zero-order chi connectivity index (χ0) is 9.97. The first-order chi connectivity index (χ1) is 6.81. The lowest BCUT2D eigenvalue weighted by atomic mass is 9.97. The second kappa shape index (κ2) is 3.96. The standard InChI is InChI=1S/C11H12O2S/c1-13-11-7-6-10(14-11)8-4-2-3-5-9(8)12/h4,6-7H,2-3,5H2,1H3. The van der Waals surface area contributed by atoms with E-state index in [1.807, 2.05) is 18.2 Å². The van der Waals surface area contributed by atoms with Crippen LogP contribution in [0.15, 0.2) is 18.2 Å². The SMILES string of the molecule is COc1ccc(C2=CCCCC2=O)s1. The molecule has 0 aromatic carbocycles. The second-order valence-electron chi connectivity index (χ2n) is 3.26. The van der Waals surface area contributed by atoms with E-state index in [9.17, 15) is 4.79 Å². The van der Waals surface area contributed by atoms with Gasteiger partial charge < -0.3 is 4.74 Å². The van der Waals surface area contributed by atoms with Crippen molar-refractivity contribution < 1.29 is 9.53 Å². The van der Waals surface area contributed by atoms with E-state index in [1.54, 1.807) is 7.11 Å². The molecule has 1 heterocycles. The molecule has 1 aromatic rings. The quantitative estimate of drug-likeness (QED) is 0.747. The fourth-order valence-electron chi connectivity index (χ4n) is 1.57. The number of carbonyl (C=O) groups excluding carboxylic acids is 1. The number of hydrogen-bond acceptors (Lipinski definition) is 3. The maximum absolute atomic E-state index is 11.6. The highest BCUT2D eigenvalue weighted by molar-refractivity contribution is 7.15. The molecule has 0 saturated heterocycles. The lowest BCUT2D eigenvalue weighted by Gasteiger charge is -2.09. The predicted molar refractivity (Wildman–Crippen MR) is 57.7 cm³/mol. The van der Waals surface area contributed by atoms with Crippen LogP contribution in [0.25, 0.3) is 5.57 Å². The Bertz CT molecular complexity index is 376. The number of ketones is 1. The van der Waals surface area contributed by atoms with Crippen LogP contribution in [0.5, 0.6) is 5.06 Å². The minimum Gasteiger partial charge on any atom is -0.487 e. The molecule has 0 N–H and O–H groups in total. The predicted octanol–water partition coefficient (Wildman–Crippen LogP) is 2.89. The van der Waals surface area contributed by atoms with Crippen LogP contribution in [0.3, 0.4) is 0 Å². The van der Waals surface area contributed by atoms with Crippen LogP contribution < -0.4 is 4.74 Å². The number of rotatable bonds is 2. The Morgan fingerprint density at radius 2 is 2.29 bits per heavy atom. The van der Waals surface area contributed by atoms with Gasteiger partial charge in [0, 0.05) is 16.9 Å². The average molecular weight is 208 g/mol. The van der Waals surface area contributed by atoms with Crippen LogP contribution >= 0.6 is 11.3 Å². The number of carbonyl (C=O) groups is 1. The molecule has 0 spiro atoms. The van der Waals surface area contributed by atoms with E-state index >= 15 is 0 Å². The van der Waals surface area contributed by atoms with E-state index in [-0.39, 0.29) is 5.78 Å². The lowest BCUT2D eigenvalue weighted by Crippen LogP contribution is -2.04. The van der Waals surface area contributed by atoms with Crippen LogP contribution in [-0.2, 0) is 4.79 Å². The topological polar surface area (TPSA) is 26.3 Å². The van der Waals surface area contributed by atoms with E-state index in [4.69, 9.17) is 4.74 Å². The van der Waals surface area contributed by atoms with Crippen LogP contribution in [-0.4, -0.2) is 12.9 Å². The van der Waals surface area contributed by atoms with Crippen molar-refractivity contribution in [3.05, 3.63) is 23.1 Å². The Labute approximate surface area is 87.2 Å². The molecule has 2 rings (SSSR count). The van der Waals surface area contributed by atoms with Gasteiger partial charge >= 0.3 is 0 Å². The average Bonchev–Trinajstić information content (AvgIpc) is 2.67. The highest BCUT2D eigenvalue weighted by Crippen LogP contribution is 2.32. The first-order valence-corrected chi connectivity index (χ1v) is 5.50. The molecule has 0 aliphatic heterocycles. The fourth-order valence-corrected chi connectivity index (χ4v) is 2.45. The summed E-state index contributed by atoms with van der Waals surface area (Å²) in [6, 6.07) is 3.86. The van der Waals surface area contributed by atoms with Gasteiger partial charge in [-0.05, 0) is 25.0 Å². The molecule has 74 valence electrons. The Balaban J connectivity index is 2.29. The molecule has 0 saturated carbocycles. The molecule has 2 nitrogen and oxygen atoms in total. The summed E-state index contributed by atoms with van der Waals surface area (Å²) in [7, 11) is 1.65. The molecule has 1 aliphatic rings. The van der Waals surface area contributed by atoms with Gasteiger partial charge in [0.15, 0.2) is 10.8 Å². The van der Waals surface area contributed by atoms with Gasteiger partial charge in [0.1, 0.15) is 0 Å². The second-order valence-corrected chi connectivity index (χ2v) is 4.30. The number of methoxy groups -OCH3 is 1. The van der Waals surface area contributed by atoms with Gasteiger partial charge in [0.25, 0.3) is 0 Å². The molecule has 3 heteroatoms. The monoisotopic (exact) mass is 208 g/mol. The van der Waals surface area contributed by atoms with Gasteiger partial charge in [-0.25, -0.2) is 0 Å². The van der Waals surface area contributed by atoms with Crippen molar-refractivity contribution in [2.75, 3.05) is 7.11 Å². The third-order valence-corrected chi connectivity index (χ3v) is 3.38. The maximum Gasteiger partial charge on any atom is 0.173 e. The van der Waals surface area contributed by atoms with Gasteiger partial charge in [-0.3, -0.25) is 4.79 Å². The molecule has 0 radical (unpaired) electrons. The minimum atomic E-state index is 0.265. The van der Waals surface area contributed by atoms with Crippen molar-refractivity contribution in [2.45, 2.75) is 19.3 Å². The summed E-state index contributed by atoms with van der Waals surface area (Å²) >= 11 is 1.53. The van der Waals surface area contributed by atoms with Crippen molar-refractivity contribution in [3.8, 4) is 5.06 Å². The van der Waals surface area contributed by atoms with Crippen LogP contribution in [0.1, 0.15) is 24.1 Å². The summed E-state index contributed by atoms with van der Waals surface area (Å²) in [5.74, 6) is 0.265. The number of thiophene rings is 1. The van der Waals surface area contributed by atoms with Crippen LogP contribution in [0, 0.1) is 0 Å². The molecular weight excluding hydrogens is 196 g/mol. The summed E-state index contributed by atoms with van der Waals surface area (Å²) in [4.78, 5) is 12.6. The van der Waals surface area contributed by atoms with Gasteiger partial charge in [-0.2, -0.15) is 0 Å². The zero-order valence-electron chi connectivity index (χ0n) is 8.08. The van der Waals surface area contributed by atoms with Crippen molar-refractivity contribution in [2.24, 2.45) is 0 Å². The van der Waals surface area contributed by atoms with Crippen LogP contribution in [0.4, 0.5) is 0 Å². The van der Waals surface area contributed by atoms with E-state index in [2.05, 4.69) is 0 Å². The minimum absolute atomic E-state index is 0.265. The van der Waals surface area contributed by atoms with E-state index < -0.39 is 0 Å². The largest absolute Gasteiger partial charge is 0.487 e. The Kier molecular flexibility index (Phi) is 2.68. The molecule has 0 amide bonds. The molecule has 0 unspecified atom stereocenters. The van der Waals surface area contributed by atoms with Crippen molar-refractivity contribution in [1.82, 2.24) is 0 Å². The van der Waals surface area contributed by atoms with E-state index in [1.165, 1.54) is 11.3 Å². The van der Waals surface area contributed by atoms with Crippen molar-refractivity contribution in [3.63, 3.8) is 0 Å². The highest BCUT2D eigenvalue weighted by atomic mass is 32.1. The maximum atomic E-state index is 11.6. The van der Waals surface area contributed by atoms with Gasteiger partial charge in [0.05, 0.1) is 7.11 Å². The first kappa shape index (κ1) is 9.46. The summed E-state index contributed by atoms with van der Waals surface area (Å²) in [5.41, 5.74) is 0.879. The Morgan fingerprint density at radius 3 is 2.93 bits per heavy atom. The third kappa shape index (κ3) is 1.73. The Morgan fingerprint density at radius 1 is 1.43 bits per heavy atom. The van der Waals surface area contributed by atoms with E-state index in [0.717, 1.165) is 28.4 Å². The highest BCUT2D eigenvalue weighted by Gasteiger charge is 2.16. The molecule has 14 heavy (non-hydrogen) atoms. The fraction of sp³-hybridized carbons (Fsp3) is 0.364. The number of hydrogen-bond donors (Lipinski definition) is 0. The number of allylic oxidation sites excluding steroid dienone is 2. The number of Topliss-reactive ketones (excluding diaryl/α,β-unsaturated/α-hetero) is 1. The normalized spacial score (nSPS) is 16.6. The number of ether oxygens (including phenoxy) is 1. The molecular formula is C11H12O2S. The summed E-state index contributed by atoms with van der Waals surface area (Å²) in [6.45, 7) is 0. The molecule has 1 aromatic heterocycles. The Hall–Kier alpha value is -1.09. The van der Waals surface area contributed by atoms with Gasteiger partial charge in [-0.1, -0.05) is 17.4 Å². The van der Waals surface area contributed by atoms with Crippen molar-refractivity contribution >= 4 is 22.7 Å². The summed E-state index contributed by atoms with van der Waals surface area (Å²) in [5, 5.41) is 0.860. The third-order valence-electron chi connectivity index (χ3n) is 2.30. The summed E-state index contributed by atoms with van der Waals surface area (Å²) < 4.78 is 5.10.